The van der Waals surface area contributed by atoms with Gasteiger partial charge in [0.05, 0.1) is 11.6 Å². The molecule has 0 radical (unpaired) electrons. The van der Waals surface area contributed by atoms with Crippen molar-refractivity contribution in [2.45, 2.75) is 57.5 Å². The van der Waals surface area contributed by atoms with E-state index in [9.17, 15) is 4.39 Å². The monoisotopic (exact) mass is 460 g/mol. The molecule has 0 bridgehead atoms. The van der Waals surface area contributed by atoms with Crippen LogP contribution in [0.2, 0.25) is 5.02 Å². The molecule has 0 amide bonds. The molecule has 0 aliphatic heterocycles. The summed E-state index contributed by atoms with van der Waals surface area (Å²) in [4.78, 5) is 4.45. The number of rotatable bonds is 10. The number of hydrogen-bond acceptors (Lipinski definition) is 5. The van der Waals surface area contributed by atoms with Gasteiger partial charge < -0.3 is 20.7 Å². The van der Waals surface area contributed by atoms with Gasteiger partial charge in [0.25, 0.3) is 0 Å². The molecular formula is C25H34ClFN4O. The summed E-state index contributed by atoms with van der Waals surface area (Å²) in [7, 11) is 1.73. The molecule has 3 N–H and O–H groups in total. The summed E-state index contributed by atoms with van der Waals surface area (Å²) >= 11 is 6.44. The highest BCUT2D eigenvalue weighted by atomic mass is 35.5. The minimum Gasteiger partial charge on any atom is -0.384 e. The van der Waals surface area contributed by atoms with Crippen LogP contribution in [0.4, 0.5) is 15.9 Å². The van der Waals surface area contributed by atoms with E-state index in [1.165, 1.54) is 18.9 Å². The number of halogens is 2. The lowest BCUT2D eigenvalue weighted by molar-refractivity contribution is 0.191. The minimum atomic E-state index is -0.283. The predicted octanol–water partition coefficient (Wildman–Crippen LogP) is 5.71. The molecule has 1 aromatic carbocycles. The number of hydrogen-bond donors (Lipinski definition) is 3. The Kier molecular flexibility index (Phi) is 7.54. The first kappa shape index (κ1) is 23.3. The zero-order valence-corrected chi connectivity index (χ0v) is 19.8. The Morgan fingerprint density at radius 1 is 1.12 bits per heavy atom. The zero-order chi connectivity index (χ0) is 22.6. The Labute approximate surface area is 195 Å². The number of nitrogens with one attached hydrogen (secondary N) is 3. The quantitative estimate of drug-likeness (QED) is 0.396. The van der Waals surface area contributed by atoms with Crippen molar-refractivity contribution >= 4 is 23.1 Å². The van der Waals surface area contributed by atoms with Gasteiger partial charge in [0.1, 0.15) is 11.6 Å². The molecule has 32 heavy (non-hydrogen) atoms. The third-order valence-electron chi connectivity index (χ3n) is 6.75. The van der Waals surface area contributed by atoms with E-state index < -0.39 is 0 Å². The maximum absolute atomic E-state index is 14.7. The van der Waals surface area contributed by atoms with Gasteiger partial charge in [0, 0.05) is 55.3 Å². The average Bonchev–Trinajstić information content (AvgIpc) is 3.53. The predicted molar refractivity (Wildman–Crippen MR) is 130 cm³/mol. The Balaban J connectivity index is 1.41. The Bertz CT molecular complexity index is 913. The van der Waals surface area contributed by atoms with Gasteiger partial charge in [-0.3, -0.25) is 0 Å². The molecule has 4 rings (SSSR count). The minimum absolute atomic E-state index is 0.283. The van der Waals surface area contributed by atoms with Gasteiger partial charge >= 0.3 is 0 Å². The molecule has 2 aliphatic carbocycles. The van der Waals surface area contributed by atoms with E-state index >= 15 is 0 Å². The van der Waals surface area contributed by atoms with Gasteiger partial charge in [0.2, 0.25) is 0 Å². The third-order valence-corrected chi connectivity index (χ3v) is 7.05. The lowest BCUT2D eigenvalue weighted by atomic mass is 9.91. The van der Waals surface area contributed by atoms with Gasteiger partial charge in [-0.25, -0.2) is 9.37 Å². The van der Waals surface area contributed by atoms with Crippen LogP contribution in [0.25, 0.3) is 11.1 Å². The van der Waals surface area contributed by atoms with E-state index in [-0.39, 0.29) is 5.82 Å². The molecule has 0 atom stereocenters. The van der Waals surface area contributed by atoms with Gasteiger partial charge in [-0.05, 0) is 68.2 Å². The van der Waals surface area contributed by atoms with Gasteiger partial charge in [0.15, 0.2) is 0 Å². The van der Waals surface area contributed by atoms with E-state index in [2.05, 4.69) is 27.9 Å². The standard InChI is InChI=1S/C25H34ClFN4O/c1-25(9-10-25)16-30-19-7-8-23(27)21(13-19)20-14-24(29-15-22(20)26)31-18-5-3-17(4-6-18)28-11-12-32-2/h7-8,13-15,17-18,28,30H,3-6,9-12,16H2,1-2H3,(H,29,31). The highest BCUT2D eigenvalue weighted by Crippen LogP contribution is 2.45. The summed E-state index contributed by atoms with van der Waals surface area (Å²) in [6.07, 6.45) is 8.45. The second-order valence-electron chi connectivity index (χ2n) is 9.55. The summed E-state index contributed by atoms with van der Waals surface area (Å²) in [5.41, 5.74) is 2.45. The number of anilines is 2. The van der Waals surface area contributed by atoms with Crippen LogP contribution >= 0.6 is 11.6 Å². The van der Waals surface area contributed by atoms with Crippen molar-refractivity contribution in [3.05, 3.63) is 41.3 Å². The van der Waals surface area contributed by atoms with E-state index in [0.29, 0.717) is 33.6 Å². The number of aromatic nitrogens is 1. The van der Waals surface area contributed by atoms with Crippen molar-refractivity contribution in [2.24, 2.45) is 5.41 Å². The highest BCUT2D eigenvalue weighted by molar-refractivity contribution is 6.33. The first-order chi connectivity index (χ1) is 15.5. The summed E-state index contributed by atoms with van der Waals surface area (Å²) in [6, 6.07) is 7.92. The fourth-order valence-electron chi connectivity index (χ4n) is 4.29. The zero-order valence-electron chi connectivity index (χ0n) is 19.0. The second kappa shape index (κ2) is 10.4. The number of nitrogens with zero attached hydrogens (tertiary/aromatic N) is 1. The molecule has 1 heterocycles. The van der Waals surface area contributed by atoms with Crippen molar-refractivity contribution in [3.8, 4) is 11.1 Å². The highest BCUT2D eigenvalue weighted by Gasteiger charge is 2.36. The van der Waals surface area contributed by atoms with Crippen LogP contribution in [0.3, 0.4) is 0 Å². The van der Waals surface area contributed by atoms with E-state index in [0.717, 1.165) is 56.9 Å². The smallest absolute Gasteiger partial charge is 0.131 e. The summed E-state index contributed by atoms with van der Waals surface area (Å²) in [6.45, 7) is 4.80. The van der Waals surface area contributed by atoms with Crippen molar-refractivity contribution in [2.75, 3.05) is 37.4 Å². The molecule has 2 aromatic rings. The number of methoxy groups -OCH3 is 1. The maximum Gasteiger partial charge on any atom is 0.131 e. The molecule has 0 unspecified atom stereocenters. The number of ether oxygens (including phenoxy) is 1. The van der Waals surface area contributed by atoms with Crippen LogP contribution < -0.4 is 16.0 Å². The van der Waals surface area contributed by atoms with Crippen LogP contribution in [0, 0.1) is 11.2 Å². The summed E-state index contributed by atoms with van der Waals surface area (Å²) < 4.78 is 19.9. The normalized spacial score (nSPS) is 21.9. The number of benzene rings is 1. The van der Waals surface area contributed by atoms with Crippen molar-refractivity contribution in [1.82, 2.24) is 10.3 Å². The molecule has 174 valence electrons. The lowest BCUT2D eigenvalue weighted by Gasteiger charge is -2.30. The van der Waals surface area contributed by atoms with Gasteiger partial charge in [-0.2, -0.15) is 0 Å². The molecule has 1 aromatic heterocycles. The van der Waals surface area contributed by atoms with E-state index in [4.69, 9.17) is 16.3 Å². The van der Waals surface area contributed by atoms with E-state index in [1.807, 2.05) is 12.1 Å². The summed E-state index contributed by atoms with van der Waals surface area (Å²) in [5, 5.41) is 11.0. The average molecular weight is 461 g/mol. The molecule has 2 aliphatic rings. The van der Waals surface area contributed by atoms with Crippen LogP contribution in [-0.4, -0.2) is 43.9 Å². The molecule has 7 heteroatoms. The van der Waals surface area contributed by atoms with Crippen LogP contribution in [-0.2, 0) is 4.74 Å². The third kappa shape index (κ3) is 6.12. The van der Waals surface area contributed by atoms with Crippen LogP contribution in [0.1, 0.15) is 45.4 Å². The SMILES string of the molecule is COCCNC1CCC(Nc2cc(-c3cc(NCC4(C)CC4)ccc3F)c(Cl)cn2)CC1. The van der Waals surface area contributed by atoms with E-state index in [1.54, 1.807) is 19.4 Å². The fraction of sp³-hybridized carbons (Fsp3) is 0.560. The molecule has 2 saturated carbocycles. The van der Waals surface area contributed by atoms with Gasteiger partial charge in [-0.15, -0.1) is 0 Å². The Hall–Kier alpha value is -1.89. The number of pyridine rings is 1. The molecule has 0 spiro atoms. The topological polar surface area (TPSA) is 58.2 Å². The first-order valence-corrected chi connectivity index (χ1v) is 12.0. The maximum atomic E-state index is 14.7. The van der Waals surface area contributed by atoms with Gasteiger partial charge in [-0.1, -0.05) is 18.5 Å². The Morgan fingerprint density at radius 3 is 2.59 bits per heavy atom. The second-order valence-corrected chi connectivity index (χ2v) is 9.96. The summed E-state index contributed by atoms with van der Waals surface area (Å²) in [5.74, 6) is 0.457. The molecule has 0 saturated heterocycles. The van der Waals surface area contributed by atoms with Crippen LogP contribution in [0.15, 0.2) is 30.5 Å². The first-order valence-electron chi connectivity index (χ1n) is 11.6. The van der Waals surface area contributed by atoms with Crippen molar-refractivity contribution < 1.29 is 9.13 Å². The van der Waals surface area contributed by atoms with Crippen LogP contribution in [0.5, 0.6) is 0 Å². The fourth-order valence-corrected chi connectivity index (χ4v) is 4.49. The Morgan fingerprint density at radius 2 is 1.88 bits per heavy atom. The largest absolute Gasteiger partial charge is 0.384 e. The molecule has 2 fully saturated rings. The lowest BCUT2D eigenvalue weighted by Crippen LogP contribution is -2.38. The molecular weight excluding hydrogens is 427 g/mol. The van der Waals surface area contributed by atoms with Crippen molar-refractivity contribution in [3.63, 3.8) is 0 Å². The van der Waals surface area contributed by atoms with Crippen molar-refractivity contribution in [1.29, 1.82) is 0 Å². The molecule has 5 nitrogen and oxygen atoms in total.